The number of carbonyl (C=O) groups is 2. The first-order chi connectivity index (χ1) is 9.11. The number of imide groups is 1. The van der Waals surface area contributed by atoms with Crippen LogP contribution >= 0.6 is 0 Å². The standard InChI is InChI=1S/C12H14F3N3O2/c1-6-3-4-8(5-9(6)12(13,14)15)17-7(2)10(19)18-11(16)20/h3-5,7,17H,1-2H3,(H3,16,18,19,20). The maximum Gasteiger partial charge on any atom is 0.416 e. The Morgan fingerprint density at radius 2 is 1.90 bits per heavy atom. The molecule has 0 radical (unpaired) electrons. The molecule has 3 amide bonds. The van der Waals surface area contributed by atoms with E-state index in [2.05, 4.69) is 5.32 Å². The molecule has 0 aliphatic rings. The Labute approximate surface area is 113 Å². The first kappa shape index (κ1) is 15.8. The molecule has 0 saturated carbocycles. The van der Waals surface area contributed by atoms with Crippen molar-refractivity contribution in [1.82, 2.24) is 5.32 Å². The van der Waals surface area contributed by atoms with Crippen molar-refractivity contribution in [2.24, 2.45) is 5.73 Å². The molecule has 5 nitrogen and oxygen atoms in total. The number of amides is 3. The highest BCUT2D eigenvalue weighted by atomic mass is 19.4. The van der Waals surface area contributed by atoms with E-state index in [0.29, 0.717) is 0 Å². The van der Waals surface area contributed by atoms with Crippen LogP contribution in [0.2, 0.25) is 0 Å². The lowest BCUT2D eigenvalue weighted by Gasteiger charge is -2.16. The fraction of sp³-hybridized carbons (Fsp3) is 0.333. The third-order valence-electron chi connectivity index (χ3n) is 2.57. The van der Waals surface area contributed by atoms with Gasteiger partial charge in [-0.05, 0) is 31.5 Å². The monoisotopic (exact) mass is 289 g/mol. The Kier molecular flexibility index (Phi) is 4.59. The topological polar surface area (TPSA) is 84.2 Å². The van der Waals surface area contributed by atoms with Gasteiger partial charge < -0.3 is 11.1 Å². The van der Waals surface area contributed by atoms with Crippen LogP contribution in [0.5, 0.6) is 0 Å². The third kappa shape index (κ3) is 4.15. The van der Waals surface area contributed by atoms with E-state index in [-0.39, 0.29) is 11.3 Å². The van der Waals surface area contributed by atoms with E-state index in [1.807, 2.05) is 5.32 Å². The number of nitrogens with two attached hydrogens (primary N) is 1. The van der Waals surface area contributed by atoms with Crippen molar-refractivity contribution in [3.63, 3.8) is 0 Å². The Morgan fingerprint density at radius 3 is 2.40 bits per heavy atom. The van der Waals surface area contributed by atoms with E-state index in [4.69, 9.17) is 5.73 Å². The van der Waals surface area contributed by atoms with Gasteiger partial charge in [0.05, 0.1) is 5.56 Å². The molecule has 110 valence electrons. The summed E-state index contributed by atoms with van der Waals surface area (Å²) in [6, 6.07) is 1.68. The predicted octanol–water partition coefficient (Wildman–Crippen LogP) is 2.01. The predicted molar refractivity (Wildman–Crippen MR) is 67.0 cm³/mol. The third-order valence-corrected chi connectivity index (χ3v) is 2.57. The summed E-state index contributed by atoms with van der Waals surface area (Å²) in [7, 11) is 0. The minimum Gasteiger partial charge on any atom is -0.374 e. The number of alkyl halides is 3. The highest BCUT2D eigenvalue weighted by Crippen LogP contribution is 2.33. The minimum atomic E-state index is -4.47. The Hall–Kier alpha value is -2.25. The number of nitrogens with one attached hydrogen (secondary N) is 2. The largest absolute Gasteiger partial charge is 0.416 e. The van der Waals surface area contributed by atoms with Crippen LogP contribution in [-0.2, 0) is 11.0 Å². The number of carbonyl (C=O) groups excluding carboxylic acids is 2. The molecular weight excluding hydrogens is 275 g/mol. The number of rotatable bonds is 3. The van der Waals surface area contributed by atoms with E-state index in [1.54, 1.807) is 0 Å². The highest BCUT2D eigenvalue weighted by Gasteiger charge is 2.32. The van der Waals surface area contributed by atoms with Gasteiger partial charge in [0.25, 0.3) is 0 Å². The molecule has 0 fully saturated rings. The molecule has 1 unspecified atom stereocenters. The number of hydrogen-bond acceptors (Lipinski definition) is 3. The Balaban J connectivity index is 2.89. The number of primary amides is 1. The number of benzene rings is 1. The molecule has 0 spiro atoms. The summed E-state index contributed by atoms with van der Waals surface area (Å²) in [5.74, 6) is -0.730. The maximum absolute atomic E-state index is 12.7. The van der Waals surface area contributed by atoms with Gasteiger partial charge in [-0.3, -0.25) is 10.1 Å². The van der Waals surface area contributed by atoms with Crippen LogP contribution in [0.1, 0.15) is 18.1 Å². The summed E-state index contributed by atoms with van der Waals surface area (Å²) in [6.07, 6.45) is -4.47. The molecule has 0 aromatic heterocycles. The second-order valence-electron chi connectivity index (χ2n) is 4.25. The summed E-state index contributed by atoms with van der Waals surface area (Å²) in [5.41, 5.74) is 4.19. The van der Waals surface area contributed by atoms with Crippen molar-refractivity contribution < 1.29 is 22.8 Å². The molecule has 0 aliphatic carbocycles. The first-order valence-electron chi connectivity index (χ1n) is 5.66. The maximum atomic E-state index is 12.7. The highest BCUT2D eigenvalue weighted by molar-refractivity contribution is 5.97. The number of aryl methyl sites for hydroxylation is 1. The quantitative estimate of drug-likeness (QED) is 0.795. The normalized spacial score (nSPS) is 12.7. The van der Waals surface area contributed by atoms with Crippen LogP contribution in [0.4, 0.5) is 23.7 Å². The van der Waals surface area contributed by atoms with Crippen LogP contribution in [0.3, 0.4) is 0 Å². The van der Waals surface area contributed by atoms with Crippen molar-refractivity contribution in [3.05, 3.63) is 29.3 Å². The van der Waals surface area contributed by atoms with Gasteiger partial charge in [-0.15, -0.1) is 0 Å². The van der Waals surface area contributed by atoms with Gasteiger partial charge in [0.15, 0.2) is 0 Å². The van der Waals surface area contributed by atoms with Gasteiger partial charge in [0, 0.05) is 5.69 Å². The summed E-state index contributed by atoms with van der Waals surface area (Å²) in [5, 5.41) is 4.40. The van der Waals surface area contributed by atoms with Crippen LogP contribution in [0.15, 0.2) is 18.2 Å². The molecule has 0 saturated heterocycles. The smallest absolute Gasteiger partial charge is 0.374 e. The second kappa shape index (κ2) is 5.81. The van der Waals surface area contributed by atoms with E-state index < -0.39 is 29.7 Å². The van der Waals surface area contributed by atoms with Gasteiger partial charge >= 0.3 is 12.2 Å². The van der Waals surface area contributed by atoms with Crippen LogP contribution in [-0.4, -0.2) is 18.0 Å². The van der Waals surface area contributed by atoms with Crippen molar-refractivity contribution in [1.29, 1.82) is 0 Å². The Bertz CT molecular complexity index is 529. The second-order valence-corrected chi connectivity index (χ2v) is 4.25. The molecule has 1 rings (SSSR count). The fourth-order valence-corrected chi connectivity index (χ4v) is 1.56. The van der Waals surface area contributed by atoms with Crippen molar-refractivity contribution in [3.8, 4) is 0 Å². The number of anilines is 1. The van der Waals surface area contributed by atoms with Gasteiger partial charge in [-0.1, -0.05) is 6.07 Å². The lowest BCUT2D eigenvalue weighted by Crippen LogP contribution is -2.43. The molecule has 0 bridgehead atoms. The van der Waals surface area contributed by atoms with Gasteiger partial charge in [-0.25, -0.2) is 4.79 Å². The summed E-state index contributed by atoms with van der Waals surface area (Å²) < 4.78 is 38.2. The fourth-order valence-electron chi connectivity index (χ4n) is 1.56. The number of halogens is 3. The van der Waals surface area contributed by atoms with E-state index in [1.165, 1.54) is 26.0 Å². The molecule has 0 aliphatic heterocycles. The van der Waals surface area contributed by atoms with Gasteiger partial charge in [-0.2, -0.15) is 13.2 Å². The van der Waals surface area contributed by atoms with E-state index in [0.717, 1.165) is 6.07 Å². The molecule has 0 heterocycles. The first-order valence-corrected chi connectivity index (χ1v) is 5.66. The molecule has 8 heteroatoms. The molecule has 1 aromatic rings. The van der Waals surface area contributed by atoms with Crippen LogP contribution in [0, 0.1) is 6.92 Å². The summed E-state index contributed by atoms with van der Waals surface area (Å²) in [6.45, 7) is 2.74. The zero-order valence-corrected chi connectivity index (χ0v) is 10.8. The van der Waals surface area contributed by atoms with E-state index in [9.17, 15) is 22.8 Å². The zero-order valence-electron chi connectivity index (χ0n) is 10.8. The summed E-state index contributed by atoms with van der Waals surface area (Å²) in [4.78, 5) is 21.9. The number of hydrogen-bond donors (Lipinski definition) is 3. The number of urea groups is 1. The zero-order chi connectivity index (χ0) is 15.5. The lowest BCUT2D eigenvalue weighted by atomic mass is 10.1. The molecule has 1 atom stereocenters. The van der Waals surface area contributed by atoms with Gasteiger partial charge in [0.1, 0.15) is 6.04 Å². The molecule has 1 aromatic carbocycles. The van der Waals surface area contributed by atoms with Crippen molar-refractivity contribution in [2.75, 3.05) is 5.32 Å². The SMILES string of the molecule is Cc1ccc(NC(C)C(=O)NC(N)=O)cc1C(F)(F)F. The van der Waals surface area contributed by atoms with Crippen LogP contribution in [0.25, 0.3) is 0 Å². The summed E-state index contributed by atoms with van der Waals surface area (Å²) >= 11 is 0. The molecular formula is C12H14F3N3O2. The molecule has 20 heavy (non-hydrogen) atoms. The van der Waals surface area contributed by atoms with E-state index >= 15 is 0 Å². The average molecular weight is 289 g/mol. The van der Waals surface area contributed by atoms with Crippen molar-refractivity contribution in [2.45, 2.75) is 26.1 Å². The minimum absolute atomic E-state index is 0.0808. The van der Waals surface area contributed by atoms with Crippen molar-refractivity contribution >= 4 is 17.6 Å². The average Bonchev–Trinajstić information content (AvgIpc) is 2.29. The van der Waals surface area contributed by atoms with Gasteiger partial charge in [0.2, 0.25) is 5.91 Å². The Morgan fingerprint density at radius 1 is 1.30 bits per heavy atom. The lowest BCUT2D eigenvalue weighted by molar-refractivity contribution is -0.138. The van der Waals surface area contributed by atoms with Crippen LogP contribution < -0.4 is 16.4 Å². The molecule has 4 N–H and O–H groups in total.